The summed E-state index contributed by atoms with van der Waals surface area (Å²) in [5, 5.41) is 3.58. The fourth-order valence-electron chi connectivity index (χ4n) is 2.62. The first-order valence-electron chi connectivity index (χ1n) is 6.97. The minimum Gasteiger partial charge on any atom is -0.467 e. The summed E-state index contributed by atoms with van der Waals surface area (Å²) in [5.74, 6) is -0.237. The van der Waals surface area contributed by atoms with E-state index in [1.165, 1.54) is 12.3 Å². The Morgan fingerprint density at radius 2 is 2.14 bits per heavy atom. The first kappa shape index (κ1) is 14.3. The third-order valence-corrected chi connectivity index (χ3v) is 3.87. The summed E-state index contributed by atoms with van der Waals surface area (Å²) in [4.78, 5) is 3.96. The van der Waals surface area contributed by atoms with Crippen molar-refractivity contribution >= 4 is 11.6 Å². The number of halogens is 2. The van der Waals surface area contributed by atoms with Crippen LogP contribution in [0.4, 0.5) is 4.39 Å². The molecule has 1 aliphatic heterocycles. The molecule has 1 aromatic heterocycles. The molecule has 2 heterocycles. The van der Waals surface area contributed by atoms with E-state index in [1.807, 2.05) is 30.3 Å². The van der Waals surface area contributed by atoms with E-state index in [0.717, 1.165) is 25.1 Å². The van der Waals surface area contributed by atoms with Crippen LogP contribution in [0.2, 0.25) is 5.02 Å². The van der Waals surface area contributed by atoms with E-state index in [0.29, 0.717) is 5.92 Å². The summed E-state index contributed by atoms with van der Waals surface area (Å²) >= 11 is 5.73. The number of benzene rings is 1. The Morgan fingerprint density at radius 1 is 1.33 bits per heavy atom. The lowest BCUT2D eigenvalue weighted by Crippen LogP contribution is -2.22. The van der Waals surface area contributed by atoms with Crippen LogP contribution in [0, 0.1) is 11.7 Å². The molecule has 0 spiro atoms. The molecule has 0 bridgehead atoms. The maximum absolute atomic E-state index is 13.9. The standard InChI is InChI=1S/C16H16ClFN2O/c17-13-8-14(18)16(20-10-13)21-15(12-6-7-19-9-12)11-4-2-1-3-5-11/h1-5,8,10,12,15,19H,6-7,9H2/t12-,15-/m0/s1. The average molecular weight is 307 g/mol. The summed E-state index contributed by atoms with van der Waals surface area (Å²) in [7, 11) is 0. The lowest BCUT2D eigenvalue weighted by Gasteiger charge is -2.24. The highest BCUT2D eigenvalue weighted by molar-refractivity contribution is 6.30. The van der Waals surface area contributed by atoms with Crippen LogP contribution in [-0.4, -0.2) is 18.1 Å². The molecule has 0 unspecified atom stereocenters. The number of nitrogens with one attached hydrogen (secondary N) is 1. The lowest BCUT2D eigenvalue weighted by atomic mass is 9.95. The third-order valence-electron chi connectivity index (χ3n) is 3.67. The fourth-order valence-corrected chi connectivity index (χ4v) is 2.77. The van der Waals surface area contributed by atoms with Gasteiger partial charge in [0.05, 0.1) is 5.02 Å². The highest BCUT2D eigenvalue weighted by atomic mass is 35.5. The predicted octanol–water partition coefficient (Wildman–Crippen LogP) is 3.60. The zero-order valence-electron chi connectivity index (χ0n) is 11.4. The lowest BCUT2D eigenvalue weighted by molar-refractivity contribution is 0.131. The number of pyridine rings is 1. The van der Waals surface area contributed by atoms with Gasteiger partial charge in [-0.3, -0.25) is 0 Å². The second kappa shape index (κ2) is 6.41. The number of nitrogens with zero attached hydrogens (tertiary/aromatic N) is 1. The molecule has 21 heavy (non-hydrogen) atoms. The van der Waals surface area contributed by atoms with Crippen LogP contribution in [0.3, 0.4) is 0 Å². The normalized spacial score (nSPS) is 19.4. The van der Waals surface area contributed by atoms with Crippen LogP contribution in [0.1, 0.15) is 18.1 Å². The van der Waals surface area contributed by atoms with Crippen molar-refractivity contribution in [1.82, 2.24) is 10.3 Å². The van der Waals surface area contributed by atoms with Crippen LogP contribution < -0.4 is 10.1 Å². The summed E-state index contributed by atoms with van der Waals surface area (Å²) in [6, 6.07) is 11.1. The van der Waals surface area contributed by atoms with Gasteiger partial charge in [0.2, 0.25) is 0 Å². The maximum Gasteiger partial charge on any atom is 0.251 e. The Kier molecular flexibility index (Phi) is 4.36. The van der Waals surface area contributed by atoms with Gasteiger partial charge in [-0.05, 0) is 24.6 Å². The van der Waals surface area contributed by atoms with E-state index >= 15 is 0 Å². The summed E-state index contributed by atoms with van der Waals surface area (Å²) < 4.78 is 19.8. The second-order valence-electron chi connectivity index (χ2n) is 5.14. The molecule has 0 aliphatic carbocycles. The van der Waals surface area contributed by atoms with Crippen molar-refractivity contribution in [2.75, 3.05) is 13.1 Å². The molecular weight excluding hydrogens is 291 g/mol. The number of rotatable bonds is 4. The second-order valence-corrected chi connectivity index (χ2v) is 5.58. The molecule has 2 atom stereocenters. The zero-order chi connectivity index (χ0) is 14.7. The van der Waals surface area contributed by atoms with Crippen LogP contribution in [0.25, 0.3) is 0 Å². The topological polar surface area (TPSA) is 34.1 Å². The van der Waals surface area contributed by atoms with E-state index in [-0.39, 0.29) is 17.0 Å². The SMILES string of the molecule is Fc1cc(Cl)cnc1O[C@@H](c1ccccc1)[C@H]1CCNC1. The van der Waals surface area contributed by atoms with Crippen molar-refractivity contribution in [1.29, 1.82) is 0 Å². The number of ether oxygens (including phenoxy) is 1. The Morgan fingerprint density at radius 3 is 2.81 bits per heavy atom. The van der Waals surface area contributed by atoms with Gasteiger partial charge in [-0.25, -0.2) is 9.37 Å². The molecule has 3 rings (SSSR count). The Balaban J connectivity index is 1.88. The minimum absolute atomic E-state index is 0.000142. The Bertz CT molecular complexity index is 602. The van der Waals surface area contributed by atoms with E-state index in [9.17, 15) is 4.39 Å². The van der Waals surface area contributed by atoms with Gasteiger partial charge in [-0.15, -0.1) is 0 Å². The number of hydrogen-bond acceptors (Lipinski definition) is 3. The van der Waals surface area contributed by atoms with Crippen LogP contribution in [0.5, 0.6) is 5.88 Å². The first-order valence-corrected chi connectivity index (χ1v) is 7.35. The quantitative estimate of drug-likeness (QED) is 0.937. The number of aromatic nitrogens is 1. The van der Waals surface area contributed by atoms with Crippen LogP contribution >= 0.6 is 11.6 Å². The number of hydrogen-bond donors (Lipinski definition) is 1. The predicted molar refractivity (Wildman–Crippen MR) is 80.0 cm³/mol. The highest BCUT2D eigenvalue weighted by Crippen LogP contribution is 2.32. The van der Waals surface area contributed by atoms with Gasteiger partial charge in [0.1, 0.15) is 6.10 Å². The smallest absolute Gasteiger partial charge is 0.251 e. The van der Waals surface area contributed by atoms with Gasteiger partial charge in [-0.2, -0.15) is 0 Å². The average Bonchev–Trinajstić information content (AvgIpc) is 3.01. The van der Waals surface area contributed by atoms with E-state index in [1.54, 1.807) is 0 Å². The molecule has 2 aromatic rings. The van der Waals surface area contributed by atoms with Crippen molar-refractivity contribution in [3.05, 3.63) is 59.0 Å². The molecule has 1 saturated heterocycles. The van der Waals surface area contributed by atoms with E-state index < -0.39 is 5.82 Å². The maximum atomic E-state index is 13.9. The van der Waals surface area contributed by atoms with E-state index in [4.69, 9.17) is 16.3 Å². The first-order chi connectivity index (χ1) is 10.2. The van der Waals surface area contributed by atoms with Crippen molar-refractivity contribution < 1.29 is 9.13 Å². The van der Waals surface area contributed by atoms with E-state index in [2.05, 4.69) is 10.3 Å². The van der Waals surface area contributed by atoms with Gasteiger partial charge in [0, 0.05) is 18.7 Å². The molecular formula is C16H16ClFN2O. The van der Waals surface area contributed by atoms with Crippen molar-refractivity contribution in [2.45, 2.75) is 12.5 Å². The van der Waals surface area contributed by atoms with Gasteiger partial charge in [0.15, 0.2) is 5.82 Å². The van der Waals surface area contributed by atoms with Gasteiger partial charge < -0.3 is 10.1 Å². The molecule has 0 amide bonds. The van der Waals surface area contributed by atoms with Crippen molar-refractivity contribution in [2.24, 2.45) is 5.92 Å². The molecule has 3 nitrogen and oxygen atoms in total. The molecule has 1 N–H and O–H groups in total. The molecule has 1 fully saturated rings. The van der Waals surface area contributed by atoms with Crippen LogP contribution in [0.15, 0.2) is 42.6 Å². The molecule has 1 aromatic carbocycles. The largest absolute Gasteiger partial charge is 0.467 e. The fraction of sp³-hybridized carbons (Fsp3) is 0.312. The Hall–Kier alpha value is -1.65. The minimum atomic E-state index is -0.533. The molecule has 1 aliphatic rings. The molecule has 110 valence electrons. The molecule has 0 radical (unpaired) electrons. The van der Waals surface area contributed by atoms with Crippen LogP contribution in [-0.2, 0) is 0 Å². The van der Waals surface area contributed by atoms with Gasteiger partial charge >= 0.3 is 0 Å². The monoisotopic (exact) mass is 306 g/mol. The highest BCUT2D eigenvalue weighted by Gasteiger charge is 2.29. The van der Waals surface area contributed by atoms with Crippen molar-refractivity contribution in [3.8, 4) is 5.88 Å². The molecule has 5 heteroatoms. The zero-order valence-corrected chi connectivity index (χ0v) is 12.2. The van der Waals surface area contributed by atoms with Gasteiger partial charge in [0.25, 0.3) is 5.88 Å². The third kappa shape index (κ3) is 3.34. The summed E-state index contributed by atoms with van der Waals surface area (Å²) in [5.41, 5.74) is 1.03. The summed E-state index contributed by atoms with van der Waals surface area (Å²) in [6.45, 7) is 1.81. The summed E-state index contributed by atoms with van der Waals surface area (Å²) in [6.07, 6.45) is 2.17. The molecule has 0 saturated carbocycles. The Labute approximate surface area is 128 Å². The van der Waals surface area contributed by atoms with Gasteiger partial charge in [-0.1, -0.05) is 41.9 Å². The van der Waals surface area contributed by atoms with Crippen molar-refractivity contribution in [3.63, 3.8) is 0 Å².